The van der Waals surface area contributed by atoms with Gasteiger partial charge in [0.1, 0.15) is 0 Å². The summed E-state index contributed by atoms with van der Waals surface area (Å²) in [5.41, 5.74) is 0. The van der Waals surface area contributed by atoms with Crippen molar-refractivity contribution in [2.45, 2.75) is 43.9 Å². The van der Waals surface area contributed by atoms with Crippen LogP contribution < -0.4 is 0 Å². The first-order chi connectivity index (χ1) is 5.83. The Hall–Kier alpha value is 0.290. The summed E-state index contributed by atoms with van der Waals surface area (Å²) in [7, 11) is 0. The number of hydrogen-bond acceptors (Lipinski definition) is 0. The van der Waals surface area contributed by atoms with Gasteiger partial charge in [0.15, 0.2) is 0 Å². The molecule has 12 heavy (non-hydrogen) atoms. The Morgan fingerprint density at radius 3 is 2.08 bits per heavy atom. The van der Waals surface area contributed by atoms with Gasteiger partial charge in [0.05, 0.1) is 0 Å². The number of halogens is 1. The van der Waals surface area contributed by atoms with Gasteiger partial charge in [0.25, 0.3) is 0 Å². The first-order valence-corrected chi connectivity index (χ1v) is 5.90. The zero-order valence-electron chi connectivity index (χ0n) is 7.51. The minimum Gasteiger partial charge on any atom is -0.123 e. The largest absolute Gasteiger partial charge is 0.123 e. The zero-order valence-corrected chi connectivity index (χ0v) is 8.26. The lowest BCUT2D eigenvalue weighted by atomic mass is 9.55. The monoisotopic (exact) mass is 184 g/mol. The molecule has 2 atom stereocenters. The highest BCUT2D eigenvalue weighted by atomic mass is 35.5. The predicted octanol–water partition coefficient (Wildman–Crippen LogP) is 3.44. The smallest absolute Gasteiger partial charge is 0.0341 e. The first kappa shape index (κ1) is 7.67. The molecule has 0 aromatic heterocycles. The van der Waals surface area contributed by atoms with Crippen molar-refractivity contribution in [2.75, 3.05) is 0 Å². The normalized spacial score (nSPS) is 57.2. The molecular formula is C11H17Cl. The molecule has 1 heteroatoms. The molecule has 4 aliphatic carbocycles. The summed E-state index contributed by atoms with van der Waals surface area (Å²) in [6, 6.07) is 0. The van der Waals surface area contributed by atoms with Gasteiger partial charge in [-0.2, -0.15) is 0 Å². The van der Waals surface area contributed by atoms with Gasteiger partial charge >= 0.3 is 0 Å². The van der Waals surface area contributed by atoms with E-state index in [2.05, 4.69) is 0 Å². The molecule has 0 radical (unpaired) electrons. The van der Waals surface area contributed by atoms with Gasteiger partial charge in [-0.1, -0.05) is 6.42 Å². The van der Waals surface area contributed by atoms with Crippen LogP contribution in [0, 0.1) is 23.7 Å². The topological polar surface area (TPSA) is 0 Å². The third-order valence-corrected chi connectivity index (χ3v) is 4.86. The fourth-order valence-electron chi connectivity index (χ4n) is 4.12. The molecule has 0 heterocycles. The van der Waals surface area contributed by atoms with Gasteiger partial charge in [-0.3, -0.25) is 0 Å². The second-order valence-corrected chi connectivity index (χ2v) is 5.78. The summed E-state index contributed by atoms with van der Waals surface area (Å²) < 4.78 is 0. The molecule has 4 aliphatic rings. The maximum absolute atomic E-state index is 6.26. The van der Waals surface area contributed by atoms with Gasteiger partial charge in [0.2, 0.25) is 0 Å². The fourth-order valence-corrected chi connectivity index (χ4v) is 4.58. The van der Waals surface area contributed by atoms with Crippen LogP contribution in [0.3, 0.4) is 0 Å². The summed E-state index contributed by atoms with van der Waals surface area (Å²) in [6.45, 7) is 0. The Balaban J connectivity index is 1.85. The SMILES string of the molecule is ClC1CC2CC3CCC2C(C1)C3. The van der Waals surface area contributed by atoms with Crippen LogP contribution in [0.25, 0.3) is 0 Å². The van der Waals surface area contributed by atoms with E-state index in [-0.39, 0.29) is 0 Å². The molecular weight excluding hydrogens is 168 g/mol. The Morgan fingerprint density at radius 2 is 1.50 bits per heavy atom. The van der Waals surface area contributed by atoms with Crippen LogP contribution in [-0.2, 0) is 0 Å². The van der Waals surface area contributed by atoms with E-state index >= 15 is 0 Å². The molecule has 68 valence electrons. The summed E-state index contributed by atoms with van der Waals surface area (Å²) in [4.78, 5) is 0. The highest BCUT2D eigenvalue weighted by Gasteiger charge is 2.45. The average Bonchev–Trinajstić information content (AvgIpc) is 2.03. The standard InChI is InChI=1S/C11H17Cl/c12-10-5-8-3-7-1-2-11(8)9(4-7)6-10/h7-11H,1-6H2. The second kappa shape index (κ2) is 2.64. The second-order valence-electron chi connectivity index (χ2n) is 5.17. The zero-order chi connectivity index (χ0) is 8.13. The van der Waals surface area contributed by atoms with Crippen molar-refractivity contribution in [1.82, 2.24) is 0 Å². The van der Waals surface area contributed by atoms with E-state index < -0.39 is 0 Å². The van der Waals surface area contributed by atoms with Gasteiger partial charge in [-0.25, -0.2) is 0 Å². The Morgan fingerprint density at radius 1 is 0.833 bits per heavy atom. The van der Waals surface area contributed by atoms with Crippen LogP contribution in [0.1, 0.15) is 38.5 Å². The third-order valence-electron chi connectivity index (χ3n) is 4.51. The van der Waals surface area contributed by atoms with Crippen molar-refractivity contribution >= 4 is 11.6 Å². The van der Waals surface area contributed by atoms with E-state index in [0.717, 1.165) is 23.7 Å². The van der Waals surface area contributed by atoms with Gasteiger partial charge in [0, 0.05) is 5.38 Å². The summed E-state index contributed by atoms with van der Waals surface area (Å²) in [5.74, 6) is 4.23. The minimum atomic E-state index is 0.523. The van der Waals surface area contributed by atoms with Crippen LogP contribution >= 0.6 is 11.6 Å². The molecule has 0 saturated heterocycles. The molecule has 0 spiro atoms. The minimum absolute atomic E-state index is 0.523. The van der Waals surface area contributed by atoms with Crippen molar-refractivity contribution in [3.8, 4) is 0 Å². The van der Waals surface area contributed by atoms with E-state index in [0.29, 0.717) is 5.38 Å². The highest BCUT2D eigenvalue weighted by Crippen LogP contribution is 2.55. The lowest BCUT2D eigenvalue weighted by molar-refractivity contribution is 0.00107. The molecule has 0 aromatic rings. The fraction of sp³-hybridized carbons (Fsp3) is 1.00. The maximum Gasteiger partial charge on any atom is 0.0341 e. The number of fused-ring (bicyclic) bond motifs is 1. The maximum atomic E-state index is 6.26. The molecule has 0 aromatic carbocycles. The predicted molar refractivity (Wildman–Crippen MR) is 51.3 cm³/mol. The van der Waals surface area contributed by atoms with Gasteiger partial charge in [-0.05, 0) is 55.8 Å². The molecule has 4 saturated carbocycles. The van der Waals surface area contributed by atoms with E-state index in [4.69, 9.17) is 11.6 Å². The van der Waals surface area contributed by atoms with Crippen LogP contribution in [-0.4, -0.2) is 5.38 Å². The lowest BCUT2D eigenvalue weighted by Gasteiger charge is -2.52. The molecule has 0 N–H and O–H groups in total. The summed E-state index contributed by atoms with van der Waals surface area (Å²) in [6.07, 6.45) is 8.77. The van der Waals surface area contributed by atoms with Crippen LogP contribution in [0.4, 0.5) is 0 Å². The van der Waals surface area contributed by atoms with Crippen molar-refractivity contribution < 1.29 is 0 Å². The van der Waals surface area contributed by atoms with Crippen LogP contribution in [0.2, 0.25) is 0 Å². The number of rotatable bonds is 0. The quantitative estimate of drug-likeness (QED) is 0.506. The van der Waals surface area contributed by atoms with Gasteiger partial charge < -0.3 is 0 Å². The van der Waals surface area contributed by atoms with Crippen molar-refractivity contribution in [2.24, 2.45) is 23.7 Å². The summed E-state index contributed by atoms with van der Waals surface area (Å²) in [5, 5.41) is 0.523. The van der Waals surface area contributed by atoms with Crippen LogP contribution in [0.15, 0.2) is 0 Å². The van der Waals surface area contributed by atoms with E-state index in [1.54, 1.807) is 0 Å². The molecule has 2 unspecified atom stereocenters. The Labute approximate surface area is 79.7 Å². The highest BCUT2D eigenvalue weighted by molar-refractivity contribution is 6.20. The van der Waals surface area contributed by atoms with Crippen molar-refractivity contribution in [3.63, 3.8) is 0 Å². The Bertz CT molecular complexity index is 169. The van der Waals surface area contributed by atoms with Crippen LogP contribution in [0.5, 0.6) is 0 Å². The van der Waals surface area contributed by atoms with Crippen molar-refractivity contribution in [3.05, 3.63) is 0 Å². The van der Waals surface area contributed by atoms with E-state index in [1.165, 1.54) is 38.5 Å². The molecule has 4 bridgehead atoms. The first-order valence-electron chi connectivity index (χ1n) is 5.47. The number of alkyl halides is 1. The number of hydrogen-bond donors (Lipinski definition) is 0. The average molecular weight is 185 g/mol. The van der Waals surface area contributed by atoms with E-state index in [9.17, 15) is 0 Å². The van der Waals surface area contributed by atoms with Gasteiger partial charge in [-0.15, -0.1) is 11.6 Å². The Kier molecular flexibility index (Phi) is 1.69. The lowest BCUT2D eigenvalue weighted by Crippen LogP contribution is -2.43. The molecule has 0 nitrogen and oxygen atoms in total. The molecule has 0 amide bonds. The van der Waals surface area contributed by atoms with Crippen molar-refractivity contribution in [1.29, 1.82) is 0 Å². The molecule has 4 fully saturated rings. The summed E-state index contributed by atoms with van der Waals surface area (Å²) >= 11 is 6.26. The third kappa shape index (κ3) is 1.04. The molecule has 0 aliphatic heterocycles. The van der Waals surface area contributed by atoms with E-state index in [1.807, 2.05) is 0 Å². The molecule has 4 rings (SSSR count).